The second-order valence-electron chi connectivity index (χ2n) is 12.7. The van der Waals surface area contributed by atoms with E-state index in [1.54, 1.807) is 6.07 Å². The number of ether oxygens (including phenoxy) is 1. The number of nitrogens with zero attached hydrogens (tertiary/aromatic N) is 6. The molecule has 232 valence electrons. The summed E-state index contributed by atoms with van der Waals surface area (Å²) in [5.74, 6) is 0.519. The minimum atomic E-state index is -0.630. The molecule has 0 spiro atoms. The minimum Gasteiger partial charge on any atom is -0.484 e. The number of piperidine rings is 1. The summed E-state index contributed by atoms with van der Waals surface area (Å²) in [6.07, 6.45) is 3.18. The molecule has 10 heteroatoms. The Morgan fingerprint density at radius 3 is 2.47 bits per heavy atom. The Hall–Kier alpha value is -3.37. The third kappa shape index (κ3) is 7.07. The molecule has 1 unspecified atom stereocenters. The fourth-order valence-corrected chi connectivity index (χ4v) is 6.06. The molecule has 0 saturated carbocycles. The minimum absolute atomic E-state index is 0.0169. The molecule has 1 atom stereocenters. The van der Waals surface area contributed by atoms with Gasteiger partial charge in [-0.15, -0.1) is 0 Å². The van der Waals surface area contributed by atoms with Crippen molar-refractivity contribution in [3.63, 3.8) is 0 Å². The van der Waals surface area contributed by atoms with Gasteiger partial charge in [0, 0.05) is 30.4 Å². The van der Waals surface area contributed by atoms with Crippen LogP contribution in [0.2, 0.25) is 0 Å². The summed E-state index contributed by atoms with van der Waals surface area (Å²) in [6, 6.07) is 7.25. The zero-order valence-corrected chi connectivity index (χ0v) is 26.5. The number of benzene rings is 1. The molecule has 2 aliphatic heterocycles. The molecule has 1 aromatic carbocycles. The molecule has 5 rings (SSSR count). The number of fused-ring (bicyclic) bond motifs is 1. The maximum atomic E-state index is 15.3. The fraction of sp³-hybridized carbons (Fsp3) is 0.545. The number of pyridine rings is 1. The smallest absolute Gasteiger partial charge is 0.229 e. The van der Waals surface area contributed by atoms with E-state index < -0.39 is 11.6 Å². The Morgan fingerprint density at radius 1 is 1.05 bits per heavy atom. The average Bonchev–Trinajstić information content (AvgIpc) is 2.97. The summed E-state index contributed by atoms with van der Waals surface area (Å²) in [5.41, 5.74) is 3.29. The van der Waals surface area contributed by atoms with Gasteiger partial charge in [-0.2, -0.15) is 0 Å². The number of hydrogen-bond acceptors (Lipinski definition) is 8. The van der Waals surface area contributed by atoms with Crippen molar-refractivity contribution < 1.29 is 13.5 Å². The average molecular weight is 594 g/mol. The van der Waals surface area contributed by atoms with E-state index in [0.717, 1.165) is 50.9 Å². The van der Waals surface area contributed by atoms with Crippen molar-refractivity contribution in [2.45, 2.75) is 71.4 Å². The van der Waals surface area contributed by atoms with Crippen LogP contribution >= 0.6 is 0 Å². The van der Waals surface area contributed by atoms with Crippen molar-refractivity contribution in [2.75, 3.05) is 57.0 Å². The lowest BCUT2D eigenvalue weighted by molar-refractivity contribution is 0.193. The third-order valence-electron chi connectivity index (χ3n) is 8.38. The Kier molecular flexibility index (Phi) is 9.46. The Morgan fingerprint density at radius 2 is 1.79 bits per heavy atom. The topological polar surface area (TPSA) is 69.7 Å². The molecule has 8 nitrogen and oxygen atoms in total. The zero-order valence-electron chi connectivity index (χ0n) is 26.5. The molecule has 0 amide bonds. The number of anilines is 3. The summed E-state index contributed by atoms with van der Waals surface area (Å²) in [7, 11) is 4.23. The molecule has 1 fully saturated rings. The lowest BCUT2D eigenvalue weighted by atomic mass is 9.86. The predicted molar refractivity (Wildman–Crippen MR) is 169 cm³/mol. The maximum absolute atomic E-state index is 15.3. The molecule has 3 aromatic rings. The van der Waals surface area contributed by atoms with Gasteiger partial charge in [-0.05, 0) is 96.4 Å². The predicted octanol–water partition coefficient (Wildman–Crippen LogP) is 6.42. The van der Waals surface area contributed by atoms with Crippen LogP contribution in [0, 0.1) is 11.6 Å². The number of nitrogens with one attached hydrogen (secondary N) is 1. The molecule has 1 N–H and O–H groups in total. The van der Waals surface area contributed by atoms with Gasteiger partial charge >= 0.3 is 0 Å². The standard InChI is InChI=1S/C33H45F2N7O/c1-20(2)30-25(23-10-12-41(13-11-23)15-14-40(6)7)8-9-29(37-30)38-33-36-18-27(35)31(39-33)24-16-26(34)32-28(17-24)42(21(3)4)19-22(5)43-32/h8-9,16-18,20-23H,10-15,19H2,1-7H3,(H,36,37,38,39). The summed E-state index contributed by atoms with van der Waals surface area (Å²) < 4.78 is 36.1. The highest BCUT2D eigenvalue weighted by molar-refractivity contribution is 5.73. The van der Waals surface area contributed by atoms with E-state index in [0.29, 0.717) is 29.5 Å². The van der Waals surface area contributed by atoms with E-state index in [9.17, 15) is 0 Å². The number of hydrogen-bond donors (Lipinski definition) is 1. The monoisotopic (exact) mass is 593 g/mol. The van der Waals surface area contributed by atoms with E-state index in [4.69, 9.17) is 9.72 Å². The quantitative estimate of drug-likeness (QED) is 0.305. The Bertz CT molecular complexity index is 1420. The lowest BCUT2D eigenvalue weighted by Crippen LogP contribution is -2.42. The zero-order chi connectivity index (χ0) is 30.8. The highest BCUT2D eigenvalue weighted by Gasteiger charge is 2.29. The number of likely N-dealkylation sites (tertiary alicyclic amines) is 1. The largest absolute Gasteiger partial charge is 0.484 e. The number of halogens is 2. The van der Waals surface area contributed by atoms with Crippen LogP contribution in [-0.4, -0.2) is 83.7 Å². The van der Waals surface area contributed by atoms with Crippen molar-refractivity contribution in [1.29, 1.82) is 0 Å². The molecule has 2 aliphatic rings. The van der Waals surface area contributed by atoms with Crippen molar-refractivity contribution in [1.82, 2.24) is 24.8 Å². The van der Waals surface area contributed by atoms with Gasteiger partial charge in [0.2, 0.25) is 5.95 Å². The van der Waals surface area contributed by atoms with Crippen molar-refractivity contribution in [3.8, 4) is 17.0 Å². The number of rotatable bonds is 9. The first-order valence-corrected chi connectivity index (χ1v) is 15.4. The summed E-state index contributed by atoms with van der Waals surface area (Å²) in [4.78, 5) is 20.4. The first kappa shape index (κ1) is 31.1. The van der Waals surface area contributed by atoms with Crippen LogP contribution in [0.4, 0.5) is 26.2 Å². The van der Waals surface area contributed by atoms with Crippen LogP contribution in [0.1, 0.15) is 70.6 Å². The van der Waals surface area contributed by atoms with Crippen molar-refractivity contribution in [3.05, 3.63) is 53.4 Å². The van der Waals surface area contributed by atoms with Crippen LogP contribution in [0.5, 0.6) is 5.75 Å². The second-order valence-corrected chi connectivity index (χ2v) is 12.7. The highest BCUT2D eigenvalue weighted by atomic mass is 19.1. The van der Waals surface area contributed by atoms with Crippen LogP contribution < -0.4 is 15.0 Å². The molecule has 1 saturated heterocycles. The van der Waals surface area contributed by atoms with E-state index in [1.807, 2.05) is 26.8 Å². The molecule has 0 radical (unpaired) electrons. The van der Waals surface area contributed by atoms with Gasteiger partial charge in [-0.25, -0.2) is 23.7 Å². The maximum Gasteiger partial charge on any atom is 0.229 e. The first-order valence-electron chi connectivity index (χ1n) is 15.4. The lowest BCUT2D eigenvalue weighted by Gasteiger charge is -2.38. The SMILES string of the molecule is CC1CN(C(C)C)c2cc(-c3nc(Nc4ccc(C5CCN(CCN(C)C)CC5)c(C(C)C)n4)ncc3F)cc(F)c2O1. The van der Waals surface area contributed by atoms with Gasteiger partial charge in [0.15, 0.2) is 17.4 Å². The van der Waals surface area contributed by atoms with Crippen molar-refractivity contribution in [2.24, 2.45) is 0 Å². The van der Waals surface area contributed by atoms with E-state index >= 15 is 8.78 Å². The van der Waals surface area contributed by atoms with Gasteiger partial charge in [0.1, 0.15) is 17.6 Å². The normalized spacial score (nSPS) is 18.0. The Labute approximate surface area is 254 Å². The fourth-order valence-electron chi connectivity index (χ4n) is 6.06. The van der Waals surface area contributed by atoms with Gasteiger partial charge in [0.05, 0.1) is 18.4 Å². The molecule has 4 heterocycles. The van der Waals surface area contributed by atoms with Crippen LogP contribution in [-0.2, 0) is 0 Å². The van der Waals surface area contributed by atoms with Crippen LogP contribution in [0.15, 0.2) is 30.5 Å². The number of aromatic nitrogens is 3. The first-order chi connectivity index (χ1) is 20.5. The number of likely N-dealkylation sites (N-methyl/N-ethyl adjacent to an activating group) is 1. The molecular formula is C33H45F2N7O. The molecule has 2 aromatic heterocycles. The third-order valence-corrected chi connectivity index (χ3v) is 8.38. The molecule has 0 aliphatic carbocycles. The molecular weight excluding hydrogens is 548 g/mol. The summed E-state index contributed by atoms with van der Waals surface area (Å²) >= 11 is 0. The van der Waals surface area contributed by atoms with Gasteiger partial charge in [0.25, 0.3) is 0 Å². The summed E-state index contributed by atoms with van der Waals surface area (Å²) in [5, 5.41) is 3.17. The molecule has 0 bridgehead atoms. The molecule has 43 heavy (non-hydrogen) atoms. The van der Waals surface area contributed by atoms with Crippen LogP contribution in [0.25, 0.3) is 11.3 Å². The highest BCUT2D eigenvalue weighted by Crippen LogP contribution is 2.41. The van der Waals surface area contributed by atoms with Crippen molar-refractivity contribution >= 4 is 17.5 Å². The summed E-state index contributed by atoms with van der Waals surface area (Å²) in [6.45, 7) is 15.3. The van der Waals surface area contributed by atoms with E-state index in [-0.39, 0.29) is 35.5 Å². The van der Waals surface area contributed by atoms with Gasteiger partial charge in [-0.1, -0.05) is 19.9 Å². The Balaban J connectivity index is 1.37. The second kappa shape index (κ2) is 13.1. The van der Waals surface area contributed by atoms with Gasteiger partial charge < -0.3 is 24.8 Å². The van der Waals surface area contributed by atoms with Crippen LogP contribution in [0.3, 0.4) is 0 Å². The van der Waals surface area contributed by atoms with E-state index in [1.165, 1.54) is 11.6 Å². The van der Waals surface area contributed by atoms with Gasteiger partial charge in [-0.3, -0.25) is 0 Å². The van der Waals surface area contributed by atoms with E-state index in [2.05, 4.69) is 64.0 Å².